The second-order valence-electron chi connectivity index (χ2n) is 8.13. The van der Waals surface area contributed by atoms with Crippen LogP contribution >= 0.6 is 0 Å². The summed E-state index contributed by atoms with van der Waals surface area (Å²) in [6.45, 7) is 0.762. The molecule has 1 aromatic heterocycles. The Bertz CT molecular complexity index is 1100. The number of nitrogens with two attached hydrogens (primary N) is 1. The van der Waals surface area contributed by atoms with E-state index in [-0.39, 0.29) is 24.7 Å². The number of aliphatic carboxylic acids is 1. The van der Waals surface area contributed by atoms with E-state index in [2.05, 4.69) is 10.00 Å². The number of likely N-dealkylation sites (tertiary alicyclic amines) is 1. The summed E-state index contributed by atoms with van der Waals surface area (Å²) in [7, 11) is -3.47. The van der Waals surface area contributed by atoms with Crippen molar-refractivity contribution in [2.24, 2.45) is 5.73 Å². The molecule has 2 aromatic rings. The van der Waals surface area contributed by atoms with Crippen molar-refractivity contribution >= 4 is 16.0 Å². The van der Waals surface area contributed by atoms with E-state index in [4.69, 9.17) is 5.73 Å². The smallest absolute Gasteiger partial charge is 0.317 e. The Kier molecular flexibility index (Phi) is 5.58. The number of carboxylic acid groups (broad SMARTS) is 1. The normalized spacial score (nSPS) is 25.0. The van der Waals surface area contributed by atoms with Gasteiger partial charge in [0.15, 0.2) is 0 Å². The topological polar surface area (TPSA) is 122 Å². The Morgan fingerprint density at radius 1 is 1.32 bits per heavy atom. The highest BCUT2D eigenvalue weighted by molar-refractivity contribution is 7.89. The van der Waals surface area contributed by atoms with Crippen LogP contribution in [0.4, 0.5) is 8.78 Å². The molecule has 9 nitrogen and oxygen atoms in total. The third-order valence-corrected chi connectivity index (χ3v) is 6.71. The molecule has 1 fully saturated rings. The minimum Gasteiger partial charge on any atom is -0.480 e. The van der Waals surface area contributed by atoms with E-state index in [1.54, 1.807) is 4.90 Å². The molecule has 0 spiro atoms. The molecule has 0 aliphatic carbocycles. The molecule has 1 saturated heterocycles. The van der Waals surface area contributed by atoms with Gasteiger partial charge in [-0.25, -0.2) is 17.2 Å². The summed E-state index contributed by atoms with van der Waals surface area (Å²) in [6, 6.07) is 1.54. The fraction of sp³-hybridized carbons (Fsp3) is 0.474. The van der Waals surface area contributed by atoms with Crippen molar-refractivity contribution in [3.63, 3.8) is 0 Å². The number of aromatic nitrogens is 2. The second kappa shape index (κ2) is 7.93. The van der Waals surface area contributed by atoms with Gasteiger partial charge in [0, 0.05) is 49.0 Å². The van der Waals surface area contributed by atoms with Crippen molar-refractivity contribution in [2.75, 3.05) is 19.3 Å². The molecule has 2 aliphatic heterocycles. The molecule has 168 valence electrons. The average molecular weight is 455 g/mol. The van der Waals surface area contributed by atoms with Gasteiger partial charge in [-0.3, -0.25) is 14.6 Å². The molecule has 3 N–H and O–H groups in total. The molecule has 4 rings (SSSR count). The number of nitrogens with zero attached hydrogens (tertiary/aromatic N) is 4. The first kappa shape index (κ1) is 21.8. The molecule has 1 unspecified atom stereocenters. The van der Waals surface area contributed by atoms with Crippen LogP contribution in [0.3, 0.4) is 0 Å². The maximum Gasteiger partial charge on any atom is 0.317 e. The van der Waals surface area contributed by atoms with Crippen LogP contribution in [0.15, 0.2) is 24.4 Å². The van der Waals surface area contributed by atoms with Gasteiger partial charge in [-0.15, -0.1) is 0 Å². The Balaban J connectivity index is 1.56. The molecule has 2 aliphatic rings. The fourth-order valence-corrected chi connectivity index (χ4v) is 5.09. The van der Waals surface area contributed by atoms with Crippen LogP contribution < -0.4 is 5.73 Å². The largest absolute Gasteiger partial charge is 0.480 e. The van der Waals surface area contributed by atoms with Crippen LogP contribution in [-0.4, -0.2) is 69.9 Å². The van der Waals surface area contributed by atoms with Crippen molar-refractivity contribution in [1.82, 2.24) is 19.0 Å². The number of carbonyl (C=O) groups is 1. The van der Waals surface area contributed by atoms with Gasteiger partial charge >= 0.3 is 5.97 Å². The zero-order chi connectivity index (χ0) is 22.5. The number of hydrogen-bond acceptors (Lipinski definition) is 7. The van der Waals surface area contributed by atoms with E-state index in [0.29, 0.717) is 25.2 Å². The third kappa shape index (κ3) is 4.33. The lowest BCUT2D eigenvalue weighted by atomic mass is 9.87. The SMILES string of the molecule is CS(=O)(=O)n1cc2c(n1)CN([C@@H]1C[C@H](N)C(c3cc(F)ccc3F)N(CC(=O)O)C1)C2. The van der Waals surface area contributed by atoms with Crippen LogP contribution in [0.25, 0.3) is 0 Å². The summed E-state index contributed by atoms with van der Waals surface area (Å²) in [4.78, 5) is 15.1. The van der Waals surface area contributed by atoms with Gasteiger partial charge in [0.25, 0.3) is 10.0 Å². The number of halogens is 2. The molecular formula is C19H23F2N5O4S. The first-order valence-electron chi connectivity index (χ1n) is 9.71. The van der Waals surface area contributed by atoms with Crippen molar-refractivity contribution in [2.45, 2.75) is 37.6 Å². The lowest BCUT2D eigenvalue weighted by Crippen LogP contribution is -2.56. The summed E-state index contributed by atoms with van der Waals surface area (Å²) in [5.74, 6) is -2.34. The van der Waals surface area contributed by atoms with E-state index < -0.39 is 39.7 Å². The molecule has 0 bridgehead atoms. The predicted molar refractivity (Wildman–Crippen MR) is 106 cm³/mol. The molecule has 12 heteroatoms. The lowest BCUT2D eigenvalue weighted by molar-refractivity contribution is -0.140. The molecule has 3 heterocycles. The predicted octanol–water partition coefficient (Wildman–Crippen LogP) is 0.512. The first-order chi connectivity index (χ1) is 14.5. The van der Waals surface area contributed by atoms with Crippen LogP contribution in [0.1, 0.15) is 29.3 Å². The Labute approximate surface area is 178 Å². The van der Waals surface area contributed by atoms with E-state index in [0.717, 1.165) is 34.1 Å². The number of carboxylic acids is 1. The quantitative estimate of drug-likeness (QED) is 0.669. The molecule has 0 saturated carbocycles. The van der Waals surface area contributed by atoms with E-state index >= 15 is 0 Å². The second-order valence-corrected chi connectivity index (χ2v) is 9.97. The van der Waals surface area contributed by atoms with Crippen molar-refractivity contribution in [3.8, 4) is 0 Å². The van der Waals surface area contributed by atoms with Crippen LogP contribution in [0.5, 0.6) is 0 Å². The molecular weight excluding hydrogens is 432 g/mol. The number of fused-ring (bicyclic) bond motifs is 1. The summed E-state index contributed by atoms with van der Waals surface area (Å²) in [5.41, 5.74) is 7.83. The van der Waals surface area contributed by atoms with Crippen LogP contribution in [0, 0.1) is 11.6 Å². The zero-order valence-electron chi connectivity index (χ0n) is 16.8. The Morgan fingerprint density at radius 3 is 2.71 bits per heavy atom. The maximum atomic E-state index is 14.4. The van der Waals surface area contributed by atoms with Gasteiger partial charge < -0.3 is 10.8 Å². The lowest BCUT2D eigenvalue weighted by Gasteiger charge is -2.45. The van der Waals surface area contributed by atoms with Gasteiger partial charge in [0.05, 0.1) is 24.5 Å². The van der Waals surface area contributed by atoms with Gasteiger partial charge in [-0.2, -0.15) is 9.19 Å². The van der Waals surface area contributed by atoms with Gasteiger partial charge in [-0.05, 0) is 24.6 Å². The van der Waals surface area contributed by atoms with E-state index in [1.807, 2.05) is 0 Å². The van der Waals surface area contributed by atoms with Gasteiger partial charge in [0.2, 0.25) is 0 Å². The molecule has 3 atom stereocenters. The minimum absolute atomic E-state index is 0.0429. The number of hydrogen-bond donors (Lipinski definition) is 2. The monoisotopic (exact) mass is 455 g/mol. The highest BCUT2D eigenvalue weighted by Crippen LogP contribution is 2.36. The third-order valence-electron chi connectivity index (χ3n) is 5.84. The van der Waals surface area contributed by atoms with Crippen LogP contribution in [-0.2, 0) is 27.9 Å². The van der Waals surface area contributed by atoms with Gasteiger partial charge in [0.1, 0.15) is 11.6 Å². The Morgan fingerprint density at radius 2 is 2.06 bits per heavy atom. The molecule has 31 heavy (non-hydrogen) atoms. The van der Waals surface area contributed by atoms with Crippen LogP contribution in [0.2, 0.25) is 0 Å². The van der Waals surface area contributed by atoms with E-state index in [9.17, 15) is 27.1 Å². The van der Waals surface area contributed by atoms with E-state index in [1.165, 1.54) is 6.20 Å². The summed E-state index contributed by atoms with van der Waals surface area (Å²) >= 11 is 0. The number of rotatable bonds is 5. The zero-order valence-corrected chi connectivity index (χ0v) is 17.6. The first-order valence-corrected chi connectivity index (χ1v) is 11.6. The maximum absolute atomic E-state index is 14.4. The number of benzene rings is 1. The van der Waals surface area contributed by atoms with Crippen molar-refractivity contribution in [3.05, 3.63) is 52.9 Å². The molecule has 0 radical (unpaired) electrons. The molecule has 1 aromatic carbocycles. The number of piperidine rings is 1. The Hall–Kier alpha value is -2.41. The van der Waals surface area contributed by atoms with Crippen molar-refractivity contribution in [1.29, 1.82) is 0 Å². The fourth-order valence-electron chi connectivity index (χ4n) is 4.52. The van der Waals surface area contributed by atoms with Crippen molar-refractivity contribution < 1.29 is 27.1 Å². The summed E-state index contributed by atoms with van der Waals surface area (Å²) in [6.07, 6.45) is 2.99. The molecule has 0 amide bonds. The highest BCUT2D eigenvalue weighted by atomic mass is 32.2. The van der Waals surface area contributed by atoms with Gasteiger partial charge in [-0.1, -0.05) is 0 Å². The summed E-state index contributed by atoms with van der Waals surface area (Å²) in [5, 5.41) is 13.5. The summed E-state index contributed by atoms with van der Waals surface area (Å²) < 4.78 is 52.5. The highest BCUT2D eigenvalue weighted by Gasteiger charge is 2.41. The average Bonchev–Trinajstić information content (AvgIpc) is 3.22. The minimum atomic E-state index is -3.47. The standard InChI is InChI=1S/C19H23F2N5O4S/c1-31(29,30)26-7-11-6-24(9-17(11)23-26)13-5-16(22)19(25(8-13)10-18(27)28)14-4-12(20)2-3-15(14)21/h2-4,7,13,16,19H,5-6,8-10,22H2,1H3,(H,27,28)/t13-,16+,19?/m1/s1.